The zero-order chi connectivity index (χ0) is 20.9. The van der Waals surface area contributed by atoms with Crippen LogP contribution in [-0.4, -0.2) is 54.9 Å². The molecule has 3 aromatic carbocycles. The number of ether oxygens (including phenoxy) is 1. The Labute approximate surface area is 176 Å². The molecule has 1 saturated heterocycles. The molecule has 0 saturated carbocycles. The van der Waals surface area contributed by atoms with Crippen molar-refractivity contribution in [3.05, 3.63) is 83.9 Å². The number of hydrogen-bond donors (Lipinski definition) is 0. The maximum absolute atomic E-state index is 12.7. The molecule has 0 spiro atoms. The Bertz CT molecular complexity index is 1080. The van der Waals surface area contributed by atoms with E-state index in [2.05, 4.69) is 18.2 Å². The summed E-state index contributed by atoms with van der Waals surface area (Å²) in [6.07, 6.45) is 3.50. The molecule has 4 rings (SSSR count). The van der Waals surface area contributed by atoms with E-state index in [1.807, 2.05) is 30.3 Å². The molecule has 1 heterocycles. The number of benzene rings is 3. The first kappa shape index (κ1) is 19.7. The van der Waals surface area contributed by atoms with E-state index in [0.29, 0.717) is 31.7 Å². The van der Waals surface area contributed by atoms with E-state index in [1.165, 1.54) is 0 Å². The molecule has 1 aliphatic rings. The van der Waals surface area contributed by atoms with Crippen molar-refractivity contribution in [1.82, 2.24) is 9.80 Å². The Hall–Kier alpha value is -3.60. The summed E-state index contributed by atoms with van der Waals surface area (Å²) in [4.78, 5) is 28.9. The summed E-state index contributed by atoms with van der Waals surface area (Å²) in [5.41, 5.74) is 1.65. The van der Waals surface area contributed by atoms with Crippen molar-refractivity contribution in [2.75, 3.05) is 33.3 Å². The number of nitrogens with zero attached hydrogens (tertiary/aromatic N) is 2. The average molecular weight is 400 g/mol. The maximum atomic E-state index is 12.7. The van der Waals surface area contributed by atoms with E-state index in [9.17, 15) is 9.59 Å². The van der Waals surface area contributed by atoms with Gasteiger partial charge in [0.2, 0.25) is 5.91 Å². The van der Waals surface area contributed by atoms with Crippen LogP contribution in [0.2, 0.25) is 0 Å². The van der Waals surface area contributed by atoms with E-state index in [4.69, 9.17) is 4.74 Å². The summed E-state index contributed by atoms with van der Waals surface area (Å²) >= 11 is 0. The number of fused-ring (bicyclic) bond motifs is 1. The number of hydrogen-bond acceptors (Lipinski definition) is 3. The molecule has 5 heteroatoms. The van der Waals surface area contributed by atoms with Crippen molar-refractivity contribution in [2.24, 2.45) is 0 Å². The second-order valence-electron chi connectivity index (χ2n) is 7.25. The van der Waals surface area contributed by atoms with Crippen LogP contribution >= 0.6 is 0 Å². The average Bonchev–Trinajstić information content (AvgIpc) is 2.82. The first-order valence-electron chi connectivity index (χ1n) is 10.0. The van der Waals surface area contributed by atoms with Gasteiger partial charge in [-0.25, -0.2) is 0 Å². The zero-order valence-corrected chi connectivity index (χ0v) is 17.0. The summed E-state index contributed by atoms with van der Waals surface area (Å²) < 4.78 is 5.14. The van der Waals surface area contributed by atoms with Crippen molar-refractivity contribution in [3.8, 4) is 5.75 Å². The Morgan fingerprint density at radius 2 is 1.50 bits per heavy atom. The van der Waals surface area contributed by atoms with Gasteiger partial charge in [-0.3, -0.25) is 9.59 Å². The van der Waals surface area contributed by atoms with Gasteiger partial charge >= 0.3 is 0 Å². The maximum Gasteiger partial charge on any atom is 0.253 e. The highest BCUT2D eigenvalue weighted by Crippen LogP contribution is 2.20. The smallest absolute Gasteiger partial charge is 0.253 e. The van der Waals surface area contributed by atoms with Crippen LogP contribution in [0.3, 0.4) is 0 Å². The second-order valence-corrected chi connectivity index (χ2v) is 7.25. The number of amides is 2. The molecule has 0 aromatic heterocycles. The first-order valence-corrected chi connectivity index (χ1v) is 10.0. The van der Waals surface area contributed by atoms with Crippen LogP contribution < -0.4 is 4.74 Å². The largest absolute Gasteiger partial charge is 0.497 e. The fourth-order valence-electron chi connectivity index (χ4n) is 3.71. The van der Waals surface area contributed by atoms with Gasteiger partial charge < -0.3 is 14.5 Å². The van der Waals surface area contributed by atoms with Crippen molar-refractivity contribution >= 4 is 28.7 Å². The summed E-state index contributed by atoms with van der Waals surface area (Å²) in [6, 6.07) is 21.3. The highest BCUT2D eigenvalue weighted by Gasteiger charge is 2.23. The molecule has 0 unspecified atom stereocenters. The van der Waals surface area contributed by atoms with Crippen LogP contribution in [0.15, 0.2) is 72.8 Å². The predicted octanol–water partition coefficient (Wildman–Crippen LogP) is 3.85. The predicted molar refractivity (Wildman–Crippen MR) is 118 cm³/mol. The highest BCUT2D eigenvalue weighted by molar-refractivity contribution is 5.97. The summed E-state index contributed by atoms with van der Waals surface area (Å²) in [5.74, 6) is 0.676. The quantitative estimate of drug-likeness (QED) is 0.625. The van der Waals surface area contributed by atoms with Gasteiger partial charge in [0.25, 0.3) is 5.91 Å². The fraction of sp³-hybridized carbons (Fsp3) is 0.200. The van der Waals surface area contributed by atoms with E-state index >= 15 is 0 Å². The van der Waals surface area contributed by atoms with E-state index < -0.39 is 0 Å². The Morgan fingerprint density at radius 1 is 0.833 bits per heavy atom. The Balaban J connectivity index is 1.37. The number of carbonyl (C=O) groups is 2. The molecule has 1 aliphatic heterocycles. The SMILES string of the molecule is COc1ccc(C(=O)N2CCN(C(=O)/C=C/c3cccc4ccccc34)CC2)cc1. The monoisotopic (exact) mass is 400 g/mol. The van der Waals surface area contributed by atoms with E-state index in [0.717, 1.165) is 22.1 Å². The number of piperazine rings is 1. The second kappa shape index (κ2) is 8.82. The van der Waals surface area contributed by atoms with Gasteiger partial charge in [0.15, 0.2) is 0 Å². The lowest BCUT2D eigenvalue weighted by molar-refractivity contribution is -0.127. The van der Waals surface area contributed by atoms with Crippen molar-refractivity contribution in [2.45, 2.75) is 0 Å². The Morgan fingerprint density at radius 3 is 2.23 bits per heavy atom. The zero-order valence-electron chi connectivity index (χ0n) is 17.0. The first-order chi connectivity index (χ1) is 14.7. The molecule has 0 aliphatic carbocycles. The molecule has 0 N–H and O–H groups in total. The standard InChI is InChI=1S/C25H24N2O3/c1-30-22-12-9-21(10-13-22)25(29)27-17-15-26(16-18-27)24(28)14-11-20-7-4-6-19-5-2-3-8-23(19)20/h2-14H,15-18H2,1H3/b14-11+. The van der Waals surface area contributed by atoms with Gasteiger partial charge in [-0.1, -0.05) is 42.5 Å². The molecule has 0 radical (unpaired) electrons. The minimum absolute atomic E-state index is 0.0175. The number of rotatable bonds is 4. The molecule has 0 atom stereocenters. The summed E-state index contributed by atoms with van der Waals surface area (Å²) in [6.45, 7) is 2.11. The van der Waals surface area contributed by atoms with Crippen molar-refractivity contribution in [3.63, 3.8) is 0 Å². The molecular formula is C25H24N2O3. The van der Waals surface area contributed by atoms with Gasteiger partial charge in [0.05, 0.1) is 7.11 Å². The van der Waals surface area contributed by atoms with Crippen LogP contribution in [0, 0.1) is 0 Å². The molecule has 30 heavy (non-hydrogen) atoms. The molecule has 0 bridgehead atoms. The fourth-order valence-corrected chi connectivity index (χ4v) is 3.71. The van der Waals surface area contributed by atoms with Gasteiger partial charge in [-0.2, -0.15) is 0 Å². The lowest BCUT2D eigenvalue weighted by atomic mass is 10.0. The van der Waals surface area contributed by atoms with Gasteiger partial charge in [0, 0.05) is 37.8 Å². The van der Waals surface area contributed by atoms with Crippen LogP contribution in [-0.2, 0) is 4.79 Å². The van der Waals surface area contributed by atoms with Crippen LogP contribution in [0.1, 0.15) is 15.9 Å². The highest BCUT2D eigenvalue weighted by atomic mass is 16.5. The van der Waals surface area contributed by atoms with E-state index in [-0.39, 0.29) is 11.8 Å². The number of carbonyl (C=O) groups excluding carboxylic acids is 2. The molecule has 3 aromatic rings. The molecule has 152 valence electrons. The molecule has 5 nitrogen and oxygen atoms in total. The third kappa shape index (κ3) is 4.20. The molecule has 1 fully saturated rings. The van der Waals surface area contributed by atoms with Crippen molar-refractivity contribution in [1.29, 1.82) is 0 Å². The lowest BCUT2D eigenvalue weighted by Crippen LogP contribution is -2.50. The number of methoxy groups -OCH3 is 1. The van der Waals surface area contributed by atoms with Crippen molar-refractivity contribution < 1.29 is 14.3 Å². The van der Waals surface area contributed by atoms with Gasteiger partial charge in [-0.05, 0) is 46.7 Å². The topological polar surface area (TPSA) is 49.9 Å². The van der Waals surface area contributed by atoms with Gasteiger partial charge in [-0.15, -0.1) is 0 Å². The van der Waals surface area contributed by atoms with Crippen LogP contribution in [0.5, 0.6) is 5.75 Å². The lowest BCUT2D eigenvalue weighted by Gasteiger charge is -2.34. The third-order valence-corrected chi connectivity index (χ3v) is 5.44. The van der Waals surface area contributed by atoms with Crippen LogP contribution in [0.4, 0.5) is 0 Å². The minimum atomic E-state index is -0.0283. The van der Waals surface area contributed by atoms with E-state index in [1.54, 1.807) is 47.3 Å². The van der Waals surface area contributed by atoms with Crippen LogP contribution in [0.25, 0.3) is 16.8 Å². The molecule has 2 amide bonds. The third-order valence-electron chi connectivity index (χ3n) is 5.44. The van der Waals surface area contributed by atoms with Gasteiger partial charge in [0.1, 0.15) is 5.75 Å². The normalized spacial score (nSPS) is 14.3. The Kier molecular flexibility index (Phi) is 5.80. The summed E-state index contributed by atoms with van der Waals surface area (Å²) in [5, 5.41) is 2.27. The minimum Gasteiger partial charge on any atom is -0.497 e. The summed E-state index contributed by atoms with van der Waals surface area (Å²) in [7, 11) is 1.60. The molecular weight excluding hydrogens is 376 g/mol.